The van der Waals surface area contributed by atoms with Crippen LogP contribution in [0.4, 0.5) is 5.69 Å². The Morgan fingerprint density at radius 1 is 1.40 bits per heavy atom. The Hall–Kier alpha value is -1.95. The first kappa shape index (κ1) is 13.1. The fourth-order valence-electron chi connectivity index (χ4n) is 2.37. The van der Waals surface area contributed by atoms with Gasteiger partial charge in [0.05, 0.1) is 5.69 Å². The number of allylic oxidation sites excluding steroid dienone is 2. The Kier molecular flexibility index (Phi) is 3.64. The summed E-state index contributed by atoms with van der Waals surface area (Å²) in [5.74, 6) is 0.401. The molecule has 2 aromatic heterocycles. The number of hydrogen-bond acceptors (Lipinski definition) is 5. The van der Waals surface area contributed by atoms with Crippen molar-refractivity contribution in [3.8, 4) is 0 Å². The molecule has 2 aromatic rings. The van der Waals surface area contributed by atoms with Crippen LogP contribution in [0.15, 0.2) is 24.5 Å². The van der Waals surface area contributed by atoms with Gasteiger partial charge in [-0.05, 0) is 25.2 Å². The maximum absolute atomic E-state index is 12.2. The van der Waals surface area contributed by atoms with Crippen molar-refractivity contribution in [1.29, 1.82) is 0 Å². The number of aromatic nitrogens is 2. The molecule has 0 spiro atoms. The van der Waals surface area contributed by atoms with Crippen molar-refractivity contribution in [2.24, 2.45) is 5.92 Å². The van der Waals surface area contributed by atoms with E-state index in [4.69, 9.17) is 5.73 Å². The van der Waals surface area contributed by atoms with Gasteiger partial charge >= 0.3 is 0 Å². The highest BCUT2D eigenvalue weighted by molar-refractivity contribution is 7.21. The highest BCUT2D eigenvalue weighted by Crippen LogP contribution is 2.30. The van der Waals surface area contributed by atoms with Crippen molar-refractivity contribution in [3.63, 3.8) is 0 Å². The lowest BCUT2D eigenvalue weighted by Crippen LogP contribution is -2.29. The third-order valence-corrected chi connectivity index (χ3v) is 4.60. The summed E-state index contributed by atoms with van der Waals surface area (Å²) in [6.45, 7) is 0.692. The van der Waals surface area contributed by atoms with E-state index in [0.29, 0.717) is 33.4 Å². The molecule has 1 unspecified atom stereocenters. The van der Waals surface area contributed by atoms with Gasteiger partial charge in [0.2, 0.25) is 0 Å². The van der Waals surface area contributed by atoms with E-state index in [1.54, 1.807) is 12.4 Å². The first-order valence-corrected chi connectivity index (χ1v) is 7.49. The maximum atomic E-state index is 12.2. The van der Waals surface area contributed by atoms with Gasteiger partial charge in [-0.3, -0.25) is 4.79 Å². The highest BCUT2D eigenvalue weighted by Gasteiger charge is 2.19. The molecule has 1 amide bonds. The zero-order valence-corrected chi connectivity index (χ0v) is 11.8. The number of amides is 1. The number of rotatable bonds is 3. The van der Waals surface area contributed by atoms with Crippen LogP contribution in [0.1, 0.15) is 28.9 Å². The molecule has 3 rings (SSSR count). The van der Waals surface area contributed by atoms with Gasteiger partial charge < -0.3 is 11.1 Å². The topological polar surface area (TPSA) is 80.9 Å². The number of fused-ring (bicyclic) bond motifs is 1. The van der Waals surface area contributed by atoms with Crippen LogP contribution >= 0.6 is 11.3 Å². The average Bonchev–Trinajstić information content (AvgIpc) is 2.84. The van der Waals surface area contributed by atoms with E-state index in [9.17, 15) is 4.79 Å². The Morgan fingerprint density at radius 2 is 2.25 bits per heavy atom. The molecular weight excluding hydrogens is 272 g/mol. The molecule has 104 valence electrons. The van der Waals surface area contributed by atoms with Crippen molar-refractivity contribution in [2.75, 3.05) is 12.3 Å². The fraction of sp³-hybridized carbons (Fsp3) is 0.357. The summed E-state index contributed by atoms with van der Waals surface area (Å²) in [4.78, 5) is 21.8. The molecule has 1 atom stereocenters. The Balaban J connectivity index is 1.72. The lowest BCUT2D eigenvalue weighted by atomic mass is 9.94. The van der Waals surface area contributed by atoms with Crippen molar-refractivity contribution in [1.82, 2.24) is 15.3 Å². The summed E-state index contributed by atoms with van der Waals surface area (Å²) in [6, 6.07) is 0. The van der Waals surface area contributed by atoms with Crippen molar-refractivity contribution in [3.05, 3.63) is 29.4 Å². The molecule has 0 saturated heterocycles. The number of nitrogen functional groups attached to an aromatic ring is 1. The van der Waals surface area contributed by atoms with Crippen LogP contribution in [0.2, 0.25) is 0 Å². The van der Waals surface area contributed by atoms with E-state index in [1.807, 2.05) is 0 Å². The molecule has 0 fully saturated rings. The Morgan fingerprint density at radius 3 is 3.00 bits per heavy atom. The number of nitrogens with two attached hydrogens (primary N) is 1. The van der Waals surface area contributed by atoms with Gasteiger partial charge in [-0.15, -0.1) is 11.3 Å². The summed E-state index contributed by atoms with van der Waals surface area (Å²) in [5.41, 5.74) is 7.03. The number of carbonyl (C=O) groups excluding carboxylic acids is 1. The van der Waals surface area contributed by atoms with Crippen molar-refractivity contribution >= 4 is 33.3 Å². The molecular formula is C14H16N4OS. The van der Waals surface area contributed by atoms with E-state index < -0.39 is 0 Å². The van der Waals surface area contributed by atoms with Gasteiger partial charge in [0.25, 0.3) is 5.91 Å². The summed E-state index contributed by atoms with van der Waals surface area (Å²) in [7, 11) is 0. The molecule has 5 nitrogen and oxygen atoms in total. The first-order valence-electron chi connectivity index (χ1n) is 6.68. The van der Waals surface area contributed by atoms with E-state index in [2.05, 4.69) is 27.4 Å². The third kappa shape index (κ3) is 2.51. The quantitative estimate of drug-likeness (QED) is 0.850. The molecule has 0 bridgehead atoms. The minimum Gasteiger partial charge on any atom is -0.396 e. The van der Waals surface area contributed by atoms with Crippen LogP contribution in [-0.4, -0.2) is 22.4 Å². The smallest absolute Gasteiger partial charge is 0.263 e. The van der Waals surface area contributed by atoms with Gasteiger partial charge in [-0.1, -0.05) is 12.2 Å². The summed E-state index contributed by atoms with van der Waals surface area (Å²) < 4.78 is 0. The Labute approximate surface area is 120 Å². The molecule has 6 heteroatoms. The lowest BCUT2D eigenvalue weighted by Gasteiger charge is -2.17. The summed E-state index contributed by atoms with van der Waals surface area (Å²) >= 11 is 1.29. The number of carbonyl (C=O) groups is 1. The highest BCUT2D eigenvalue weighted by atomic mass is 32.1. The molecule has 2 heterocycles. The van der Waals surface area contributed by atoms with Gasteiger partial charge in [0.15, 0.2) is 0 Å². The van der Waals surface area contributed by atoms with Gasteiger partial charge in [-0.25, -0.2) is 9.97 Å². The van der Waals surface area contributed by atoms with E-state index >= 15 is 0 Å². The average molecular weight is 288 g/mol. The van der Waals surface area contributed by atoms with Gasteiger partial charge in [0, 0.05) is 18.9 Å². The van der Waals surface area contributed by atoms with Crippen LogP contribution in [0.5, 0.6) is 0 Å². The second-order valence-corrected chi connectivity index (χ2v) is 5.91. The normalized spacial score (nSPS) is 18.3. The van der Waals surface area contributed by atoms with Crippen LogP contribution in [0.3, 0.4) is 0 Å². The van der Waals surface area contributed by atoms with Crippen LogP contribution in [0, 0.1) is 5.92 Å². The lowest BCUT2D eigenvalue weighted by molar-refractivity contribution is 0.0951. The standard InChI is InChI=1S/C14H16N4OS/c15-10-11-14(17-7-6-16-11)20-12(10)13(19)18-8-9-4-2-1-3-5-9/h1-2,6-7,9H,3-5,8,15H2,(H,18,19). The second kappa shape index (κ2) is 5.58. The first-order chi connectivity index (χ1) is 9.75. The van der Waals surface area contributed by atoms with Crippen LogP contribution in [-0.2, 0) is 0 Å². The SMILES string of the molecule is Nc1c(C(=O)NCC2CC=CCC2)sc2nccnc12. The molecule has 3 N–H and O–H groups in total. The van der Waals surface area contributed by atoms with Crippen LogP contribution < -0.4 is 11.1 Å². The predicted molar refractivity (Wildman–Crippen MR) is 80.6 cm³/mol. The molecule has 0 saturated carbocycles. The molecule has 1 aliphatic rings. The number of hydrogen-bond donors (Lipinski definition) is 2. The molecule has 1 aliphatic carbocycles. The summed E-state index contributed by atoms with van der Waals surface area (Å²) in [6.07, 6.45) is 10.8. The molecule has 0 aliphatic heterocycles. The number of nitrogens with zero attached hydrogens (tertiary/aromatic N) is 2. The fourth-order valence-corrected chi connectivity index (χ4v) is 3.31. The molecule has 0 radical (unpaired) electrons. The third-order valence-electron chi connectivity index (χ3n) is 3.50. The number of thiophene rings is 1. The number of nitrogens with one attached hydrogen (secondary N) is 1. The summed E-state index contributed by atoms with van der Waals surface area (Å²) in [5, 5.41) is 2.97. The van der Waals surface area contributed by atoms with Gasteiger partial charge in [-0.2, -0.15) is 0 Å². The molecule has 0 aromatic carbocycles. The largest absolute Gasteiger partial charge is 0.396 e. The number of anilines is 1. The van der Waals surface area contributed by atoms with Gasteiger partial charge in [0.1, 0.15) is 15.2 Å². The van der Waals surface area contributed by atoms with E-state index in [-0.39, 0.29) is 5.91 Å². The maximum Gasteiger partial charge on any atom is 0.263 e. The zero-order valence-electron chi connectivity index (χ0n) is 11.0. The van der Waals surface area contributed by atoms with E-state index in [1.165, 1.54) is 11.3 Å². The van der Waals surface area contributed by atoms with Crippen molar-refractivity contribution in [2.45, 2.75) is 19.3 Å². The van der Waals surface area contributed by atoms with E-state index in [0.717, 1.165) is 19.3 Å². The second-order valence-electron chi connectivity index (χ2n) is 4.92. The predicted octanol–water partition coefficient (Wildman–Crippen LogP) is 2.36. The monoisotopic (exact) mass is 288 g/mol. The zero-order chi connectivity index (χ0) is 13.9. The van der Waals surface area contributed by atoms with Crippen molar-refractivity contribution < 1.29 is 4.79 Å². The van der Waals surface area contributed by atoms with Crippen LogP contribution in [0.25, 0.3) is 10.3 Å². The minimum absolute atomic E-state index is 0.123. The minimum atomic E-state index is -0.123. The Bertz CT molecular complexity index is 664. The molecule has 20 heavy (non-hydrogen) atoms.